The fraction of sp³-hybridized carbons (Fsp3) is 0.263. The van der Waals surface area contributed by atoms with E-state index in [9.17, 15) is 9.59 Å². The molecule has 0 unspecified atom stereocenters. The van der Waals surface area contributed by atoms with Crippen molar-refractivity contribution in [2.75, 3.05) is 26.1 Å². The average Bonchev–Trinajstić information content (AvgIpc) is 2.62. The number of carbonyl (C=O) groups excluding carboxylic acids is 2. The largest absolute Gasteiger partial charge is 0.497 e. The molecule has 0 aromatic heterocycles. The molecule has 6 heteroatoms. The van der Waals surface area contributed by atoms with Crippen molar-refractivity contribution < 1.29 is 19.1 Å². The molecule has 0 radical (unpaired) electrons. The zero-order valence-electron chi connectivity index (χ0n) is 14.4. The first-order chi connectivity index (χ1) is 12.1. The lowest BCUT2D eigenvalue weighted by Crippen LogP contribution is -2.28. The topological polar surface area (TPSA) is 76.7 Å². The second kappa shape index (κ2) is 9.32. The summed E-state index contributed by atoms with van der Waals surface area (Å²) in [4.78, 5) is 23.9. The molecule has 25 heavy (non-hydrogen) atoms. The first-order valence-corrected chi connectivity index (χ1v) is 7.95. The molecule has 0 fully saturated rings. The van der Waals surface area contributed by atoms with Gasteiger partial charge in [-0.05, 0) is 17.7 Å². The molecule has 0 heterocycles. The minimum atomic E-state index is -0.216. The van der Waals surface area contributed by atoms with Gasteiger partial charge in [-0.1, -0.05) is 30.3 Å². The molecular formula is C19H22N2O4. The Bertz CT molecular complexity index is 717. The van der Waals surface area contributed by atoms with Crippen LogP contribution in [0.2, 0.25) is 0 Å². The maximum atomic E-state index is 12.1. The molecule has 0 aliphatic rings. The van der Waals surface area contributed by atoms with Gasteiger partial charge in [-0.25, -0.2) is 0 Å². The van der Waals surface area contributed by atoms with Crippen LogP contribution in [0.5, 0.6) is 11.5 Å². The number of ether oxygens (including phenoxy) is 2. The number of amides is 2. The van der Waals surface area contributed by atoms with E-state index in [2.05, 4.69) is 10.6 Å². The van der Waals surface area contributed by atoms with Crippen molar-refractivity contribution in [2.45, 2.75) is 12.8 Å². The molecule has 0 bridgehead atoms. The van der Waals surface area contributed by atoms with Crippen molar-refractivity contribution in [1.29, 1.82) is 0 Å². The third-order valence-corrected chi connectivity index (χ3v) is 3.56. The minimum absolute atomic E-state index is 0.113. The molecule has 2 amide bonds. The van der Waals surface area contributed by atoms with Crippen LogP contribution in [0.25, 0.3) is 0 Å². The van der Waals surface area contributed by atoms with Crippen molar-refractivity contribution in [3.05, 3.63) is 54.1 Å². The van der Waals surface area contributed by atoms with Crippen molar-refractivity contribution in [3.8, 4) is 11.5 Å². The lowest BCUT2D eigenvalue weighted by atomic mass is 10.1. The number of anilines is 1. The zero-order chi connectivity index (χ0) is 18.1. The van der Waals surface area contributed by atoms with Gasteiger partial charge in [-0.2, -0.15) is 0 Å². The van der Waals surface area contributed by atoms with Crippen molar-refractivity contribution >= 4 is 17.5 Å². The van der Waals surface area contributed by atoms with Gasteiger partial charge >= 0.3 is 0 Å². The Morgan fingerprint density at radius 3 is 2.40 bits per heavy atom. The Labute approximate surface area is 147 Å². The number of hydrogen-bond donors (Lipinski definition) is 2. The Morgan fingerprint density at radius 1 is 0.960 bits per heavy atom. The van der Waals surface area contributed by atoms with E-state index >= 15 is 0 Å². The van der Waals surface area contributed by atoms with Gasteiger partial charge in [0.1, 0.15) is 11.5 Å². The second-order valence-electron chi connectivity index (χ2n) is 5.38. The molecular weight excluding hydrogens is 320 g/mol. The lowest BCUT2D eigenvalue weighted by molar-refractivity contribution is -0.120. The summed E-state index contributed by atoms with van der Waals surface area (Å²) in [5, 5.41) is 5.51. The van der Waals surface area contributed by atoms with E-state index in [1.165, 1.54) is 7.11 Å². The van der Waals surface area contributed by atoms with Crippen molar-refractivity contribution in [3.63, 3.8) is 0 Å². The fourth-order valence-electron chi connectivity index (χ4n) is 2.28. The van der Waals surface area contributed by atoms with Gasteiger partial charge in [0.2, 0.25) is 11.8 Å². The van der Waals surface area contributed by atoms with Crippen LogP contribution in [0.4, 0.5) is 5.69 Å². The summed E-state index contributed by atoms with van der Waals surface area (Å²) in [5.74, 6) is 0.832. The minimum Gasteiger partial charge on any atom is -0.497 e. The van der Waals surface area contributed by atoms with E-state index in [0.717, 1.165) is 5.56 Å². The van der Waals surface area contributed by atoms with Crippen LogP contribution in [0.15, 0.2) is 48.5 Å². The van der Waals surface area contributed by atoms with Crippen LogP contribution < -0.4 is 20.1 Å². The first kappa shape index (κ1) is 18.3. The number of methoxy groups -OCH3 is 2. The molecule has 0 saturated heterocycles. The summed E-state index contributed by atoms with van der Waals surface area (Å²) in [6.45, 7) is 0.268. The number of hydrogen-bond acceptors (Lipinski definition) is 4. The van der Waals surface area contributed by atoms with Crippen LogP contribution >= 0.6 is 0 Å². The Morgan fingerprint density at radius 2 is 1.72 bits per heavy atom. The third kappa shape index (κ3) is 5.84. The SMILES string of the molecule is COc1ccc(OC)c(NC(=O)CCNC(=O)Cc2ccccc2)c1. The van der Waals surface area contributed by atoms with E-state index < -0.39 is 0 Å². The summed E-state index contributed by atoms with van der Waals surface area (Å²) in [6.07, 6.45) is 0.465. The molecule has 2 aromatic rings. The summed E-state index contributed by atoms with van der Waals surface area (Å²) in [7, 11) is 3.08. The third-order valence-electron chi connectivity index (χ3n) is 3.56. The van der Waals surface area contributed by atoms with Gasteiger partial charge in [-0.3, -0.25) is 9.59 Å². The molecule has 2 rings (SSSR count). The summed E-state index contributed by atoms with van der Waals surface area (Å²) < 4.78 is 10.4. The molecule has 132 valence electrons. The molecule has 0 spiro atoms. The maximum absolute atomic E-state index is 12.1. The van der Waals surface area contributed by atoms with Crippen LogP contribution in [0.3, 0.4) is 0 Å². The zero-order valence-corrected chi connectivity index (χ0v) is 14.4. The molecule has 0 saturated carbocycles. The van der Waals surface area contributed by atoms with Crippen LogP contribution in [0.1, 0.15) is 12.0 Å². The van der Waals surface area contributed by atoms with E-state index in [4.69, 9.17) is 9.47 Å². The van der Waals surface area contributed by atoms with Gasteiger partial charge in [0.05, 0.1) is 26.3 Å². The molecule has 0 aliphatic heterocycles. The van der Waals surface area contributed by atoms with Crippen LogP contribution in [0, 0.1) is 0 Å². The van der Waals surface area contributed by atoms with Gasteiger partial charge in [0.25, 0.3) is 0 Å². The standard InChI is InChI=1S/C19H22N2O4/c1-24-15-8-9-17(25-2)16(13-15)21-18(22)10-11-20-19(23)12-14-6-4-3-5-7-14/h3-9,13H,10-12H2,1-2H3,(H,20,23)(H,21,22). The number of rotatable bonds is 8. The summed E-state index contributed by atoms with van der Waals surface area (Å²) in [6, 6.07) is 14.6. The Kier molecular flexibility index (Phi) is 6.83. The predicted octanol–water partition coefficient (Wildman–Crippen LogP) is 2.39. The lowest BCUT2D eigenvalue weighted by Gasteiger charge is -2.12. The van der Waals surface area contributed by atoms with Crippen LogP contribution in [-0.4, -0.2) is 32.6 Å². The molecule has 2 aromatic carbocycles. The fourth-order valence-corrected chi connectivity index (χ4v) is 2.28. The highest BCUT2D eigenvalue weighted by molar-refractivity contribution is 5.93. The van der Waals surface area contributed by atoms with Gasteiger partial charge in [-0.15, -0.1) is 0 Å². The smallest absolute Gasteiger partial charge is 0.226 e. The van der Waals surface area contributed by atoms with Gasteiger partial charge in [0, 0.05) is 19.0 Å². The second-order valence-corrected chi connectivity index (χ2v) is 5.38. The van der Waals surface area contributed by atoms with Gasteiger partial charge in [0.15, 0.2) is 0 Å². The van der Waals surface area contributed by atoms with Gasteiger partial charge < -0.3 is 20.1 Å². The maximum Gasteiger partial charge on any atom is 0.226 e. The van der Waals surface area contributed by atoms with E-state index in [-0.39, 0.29) is 24.8 Å². The normalized spacial score (nSPS) is 10.0. The number of nitrogens with one attached hydrogen (secondary N) is 2. The quantitative estimate of drug-likeness (QED) is 0.772. The monoisotopic (exact) mass is 342 g/mol. The highest BCUT2D eigenvalue weighted by atomic mass is 16.5. The first-order valence-electron chi connectivity index (χ1n) is 7.95. The van der Waals surface area contributed by atoms with Crippen molar-refractivity contribution in [1.82, 2.24) is 5.32 Å². The van der Waals surface area contributed by atoms with E-state index in [0.29, 0.717) is 23.6 Å². The highest BCUT2D eigenvalue weighted by Gasteiger charge is 2.10. The highest BCUT2D eigenvalue weighted by Crippen LogP contribution is 2.28. The number of carbonyl (C=O) groups is 2. The molecule has 2 N–H and O–H groups in total. The van der Waals surface area contributed by atoms with E-state index in [1.54, 1.807) is 25.3 Å². The number of benzene rings is 2. The Balaban J connectivity index is 1.80. The molecule has 6 nitrogen and oxygen atoms in total. The summed E-state index contributed by atoms with van der Waals surface area (Å²) >= 11 is 0. The van der Waals surface area contributed by atoms with Crippen molar-refractivity contribution in [2.24, 2.45) is 0 Å². The molecule has 0 atom stereocenters. The van der Waals surface area contributed by atoms with E-state index in [1.807, 2.05) is 30.3 Å². The average molecular weight is 342 g/mol. The molecule has 0 aliphatic carbocycles. The Hall–Kier alpha value is -3.02. The van der Waals surface area contributed by atoms with Crippen LogP contribution in [-0.2, 0) is 16.0 Å². The predicted molar refractivity (Wildman–Crippen MR) is 95.9 cm³/mol. The summed E-state index contributed by atoms with van der Waals surface area (Å²) in [5.41, 5.74) is 1.47.